The zero-order chi connectivity index (χ0) is 47.9. The van der Waals surface area contributed by atoms with E-state index in [1.54, 1.807) is 11.1 Å². The van der Waals surface area contributed by atoms with Crippen LogP contribution in [0.25, 0.3) is 11.1 Å². The topological polar surface area (TPSA) is 24.1 Å². The molecule has 2 fully saturated rings. The van der Waals surface area contributed by atoms with Crippen LogP contribution in [0, 0.1) is 53.4 Å². The molecular formula is C66H98N2. The molecule has 4 aromatic rings. The van der Waals surface area contributed by atoms with E-state index in [-0.39, 0.29) is 10.8 Å². The fourth-order valence-corrected chi connectivity index (χ4v) is 14.5. The van der Waals surface area contributed by atoms with Crippen molar-refractivity contribution in [3.63, 3.8) is 0 Å². The lowest BCUT2D eigenvalue weighted by atomic mass is 9.55. The van der Waals surface area contributed by atoms with Gasteiger partial charge in [0.05, 0.1) is 0 Å². The van der Waals surface area contributed by atoms with Crippen molar-refractivity contribution >= 4 is 22.7 Å². The summed E-state index contributed by atoms with van der Waals surface area (Å²) in [7, 11) is 0. The highest BCUT2D eigenvalue weighted by Gasteiger charge is 2.66. The Morgan fingerprint density at radius 2 is 0.647 bits per heavy atom. The third-order valence-electron chi connectivity index (χ3n) is 17.6. The van der Waals surface area contributed by atoms with Gasteiger partial charge in [-0.25, -0.2) is 0 Å². The number of rotatable bonds is 30. The Kier molecular flexibility index (Phi) is 19.7. The van der Waals surface area contributed by atoms with Gasteiger partial charge in [-0.2, -0.15) is 0 Å². The second-order valence-corrected chi connectivity index (χ2v) is 23.4. The van der Waals surface area contributed by atoms with E-state index in [1.165, 1.54) is 260 Å². The highest BCUT2D eigenvalue weighted by atomic mass is 14.9. The molecule has 0 atom stereocenters. The van der Waals surface area contributed by atoms with Crippen LogP contribution >= 0.6 is 0 Å². The van der Waals surface area contributed by atoms with Crippen molar-refractivity contribution in [2.45, 2.75) is 259 Å². The molecule has 7 rings (SSSR count). The van der Waals surface area contributed by atoms with Gasteiger partial charge in [-0.05, 0) is 148 Å². The molecule has 2 N–H and O–H groups in total. The van der Waals surface area contributed by atoms with Gasteiger partial charge in [0, 0.05) is 33.6 Å². The van der Waals surface area contributed by atoms with Gasteiger partial charge in [0.15, 0.2) is 0 Å². The summed E-state index contributed by atoms with van der Waals surface area (Å²) in [4.78, 5) is 0. The number of unbranched alkanes of at least 4 members (excludes halogenated alkanes) is 22. The minimum absolute atomic E-state index is 0.169. The van der Waals surface area contributed by atoms with Crippen molar-refractivity contribution in [2.24, 2.45) is 11.8 Å². The Bertz CT molecular complexity index is 1980. The van der Waals surface area contributed by atoms with Gasteiger partial charge in [0.2, 0.25) is 0 Å². The summed E-state index contributed by atoms with van der Waals surface area (Å²) in [5.41, 5.74) is 19.8. The van der Waals surface area contributed by atoms with Crippen molar-refractivity contribution in [2.75, 3.05) is 10.6 Å². The number of benzene rings is 4. The molecule has 0 radical (unpaired) electrons. The van der Waals surface area contributed by atoms with Crippen LogP contribution in [0.15, 0.2) is 60.7 Å². The SMILES string of the molecule is CCCCCCCCCCCCCCC1C[C@]23CC(CCCCCCCCCCCCCC)C[C@@]2(C1)c1cc(Nc2c(C)cc(C)cc2C)ccc1-c1ccc(Nc2c(C)cc(C)cc2C)cc13. The highest BCUT2D eigenvalue weighted by molar-refractivity contribution is 5.84. The molecule has 4 aromatic carbocycles. The number of nitrogens with one attached hydrogen (secondary N) is 2. The molecule has 68 heavy (non-hydrogen) atoms. The summed E-state index contributed by atoms with van der Waals surface area (Å²) < 4.78 is 0. The fraction of sp³-hybridized carbons (Fsp3) is 0.636. The molecule has 0 spiro atoms. The molecule has 3 aliphatic carbocycles. The van der Waals surface area contributed by atoms with E-state index in [4.69, 9.17) is 0 Å². The molecule has 0 unspecified atom stereocenters. The molecule has 0 saturated heterocycles. The smallest absolute Gasteiger partial charge is 0.0443 e. The molecule has 2 saturated carbocycles. The number of anilines is 4. The number of hydrogen-bond acceptors (Lipinski definition) is 2. The maximum atomic E-state index is 4.01. The van der Waals surface area contributed by atoms with Crippen molar-refractivity contribution < 1.29 is 0 Å². The predicted molar refractivity (Wildman–Crippen MR) is 300 cm³/mol. The van der Waals surface area contributed by atoms with Crippen LogP contribution in [-0.2, 0) is 10.8 Å². The van der Waals surface area contributed by atoms with Crippen molar-refractivity contribution in [3.05, 3.63) is 105 Å². The quantitative estimate of drug-likeness (QED) is 0.0509. The van der Waals surface area contributed by atoms with Crippen LogP contribution < -0.4 is 10.6 Å². The minimum Gasteiger partial charge on any atom is -0.355 e. The molecule has 2 nitrogen and oxygen atoms in total. The lowest BCUT2D eigenvalue weighted by Crippen LogP contribution is -2.43. The Balaban J connectivity index is 1.13. The van der Waals surface area contributed by atoms with Gasteiger partial charge in [0.1, 0.15) is 0 Å². The van der Waals surface area contributed by atoms with Crippen molar-refractivity contribution in [1.82, 2.24) is 0 Å². The van der Waals surface area contributed by atoms with Crippen LogP contribution in [0.3, 0.4) is 0 Å². The van der Waals surface area contributed by atoms with Crippen LogP contribution in [0.4, 0.5) is 22.7 Å². The summed E-state index contributed by atoms with van der Waals surface area (Å²) in [6.45, 7) is 18.2. The average molecular weight is 920 g/mol. The normalized spacial score (nSPS) is 20.3. The third kappa shape index (κ3) is 12.9. The summed E-state index contributed by atoms with van der Waals surface area (Å²) in [5.74, 6) is 1.56. The maximum absolute atomic E-state index is 4.01. The van der Waals surface area contributed by atoms with Gasteiger partial charge < -0.3 is 10.6 Å². The molecular weight excluding hydrogens is 821 g/mol. The first-order chi connectivity index (χ1) is 33.1. The van der Waals surface area contributed by atoms with E-state index in [0.29, 0.717) is 0 Å². The summed E-state index contributed by atoms with van der Waals surface area (Å²) >= 11 is 0. The Morgan fingerprint density at radius 3 is 0.941 bits per heavy atom. The lowest BCUT2D eigenvalue weighted by molar-refractivity contribution is 0.299. The first-order valence-corrected chi connectivity index (χ1v) is 29.1. The van der Waals surface area contributed by atoms with Gasteiger partial charge in [-0.3, -0.25) is 0 Å². The molecule has 0 bridgehead atoms. The van der Waals surface area contributed by atoms with Crippen LogP contribution in [0.1, 0.15) is 251 Å². The number of hydrogen-bond donors (Lipinski definition) is 2. The molecule has 2 heteroatoms. The van der Waals surface area contributed by atoms with E-state index in [1.807, 2.05) is 0 Å². The standard InChI is InChI=1S/C66H98N2/c1-9-11-13-15-17-19-21-23-25-27-29-31-33-55-45-65-47-56(34-32-30-28-26-24-22-20-18-16-14-12-10-2)48-66(65,46-55)62-44-58(68-64-53(7)41-50(4)42-54(64)8)36-38-60(62)59-37-35-57(43-61(59)65)67-63-51(5)39-49(3)40-52(63)6/h35-44,55-56,67-68H,9-34,45-48H2,1-8H3/t55?,56?,65-,66+. The third-order valence-corrected chi connectivity index (χ3v) is 17.6. The van der Waals surface area contributed by atoms with Crippen LogP contribution in [-0.4, -0.2) is 0 Å². The molecule has 3 aliphatic rings. The number of aryl methyl sites for hydroxylation is 6. The molecule has 372 valence electrons. The molecule has 0 aromatic heterocycles. The van der Waals surface area contributed by atoms with E-state index in [0.717, 1.165) is 11.8 Å². The Labute approximate surface area is 418 Å². The zero-order valence-electron chi connectivity index (χ0n) is 45.1. The van der Waals surface area contributed by atoms with E-state index in [2.05, 4.69) is 127 Å². The maximum Gasteiger partial charge on any atom is 0.0443 e. The second kappa shape index (κ2) is 25.6. The summed E-state index contributed by atoms with van der Waals surface area (Å²) in [6.07, 6.45) is 42.4. The predicted octanol–water partition coefficient (Wildman–Crippen LogP) is 21.2. The van der Waals surface area contributed by atoms with Crippen LogP contribution in [0.2, 0.25) is 0 Å². The van der Waals surface area contributed by atoms with Crippen molar-refractivity contribution in [1.29, 1.82) is 0 Å². The largest absolute Gasteiger partial charge is 0.355 e. The summed E-state index contributed by atoms with van der Waals surface area (Å²) in [5, 5.41) is 8.03. The first-order valence-electron chi connectivity index (χ1n) is 29.1. The number of fused-ring (bicyclic) bond motifs is 3. The van der Waals surface area contributed by atoms with Crippen molar-refractivity contribution in [3.8, 4) is 11.1 Å². The second-order valence-electron chi connectivity index (χ2n) is 23.4. The van der Waals surface area contributed by atoms with Gasteiger partial charge in [0.25, 0.3) is 0 Å². The fourth-order valence-electron chi connectivity index (χ4n) is 14.5. The van der Waals surface area contributed by atoms with Gasteiger partial charge in [-0.15, -0.1) is 0 Å². The average Bonchev–Trinajstić information content (AvgIpc) is 3.81. The minimum atomic E-state index is 0.169. The van der Waals surface area contributed by atoms with E-state index < -0.39 is 0 Å². The van der Waals surface area contributed by atoms with Crippen LogP contribution in [0.5, 0.6) is 0 Å². The van der Waals surface area contributed by atoms with E-state index >= 15 is 0 Å². The zero-order valence-corrected chi connectivity index (χ0v) is 45.1. The monoisotopic (exact) mass is 919 g/mol. The Morgan fingerprint density at radius 1 is 0.368 bits per heavy atom. The van der Waals surface area contributed by atoms with Gasteiger partial charge in [-0.1, -0.05) is 228 Å². The van der Waals surface area contributed by atoms with Gasteiger partial charge >= 0.3 is 0 Å². The molecule has 0 amide bonds. The Hall–Kier alpha value is -3.52. The molecule has 0 aliphatic heterocycles. The lowest BCUT2D eigenvalue weighted by Gasteiger charge is -2.48. The van der Waals surface area contributed by atoms with E-state index in [9.17, 15) is 0 Å². The summed E-state index contributed by atoms with van der Waals surface area (Å²) in [6, 6.07) is 24.5. The highest BCUT2D eigenvalue weighted by Crippen LogP contribution is 2.73. The first kappa shape index (κ1) is 52.3. The molecule has 0 heterocycles.